The summed E-state index contributed by atoms with van der Waals surface area (Å²) in [6.07, 6.45) is 1.17. The van der Waals surface area contributed by atoms with Crippen molar-refractivity contribution in [3.63, 3.8) is 0 Å². The van der Waals surface area contributed by atoms with Crippen LogP contribution in [0.5, 0.6) is 0 Å². The maximum Gasteiger partial charge on any atom is 0.236 e. The molecule has 1 saturated heterocycles. The highest BCUT2D eigenvalue weighted by Gasteiger charge is 2.26. The van der Waals surface area contributed by atoms with E-state index in [9.17, 15) is 17.6 Å². The zero-order chi connectivity index (χ0) is 17.0. The van der Waals surface area contributed by atoms with Gasteiger partial charge in [0.05, 0.1) is 12.8 Å². The van der Waals surface area contributed by atoms with Gasteiger partial charge < -0.3 is 10.2 Å². The van der Waals surface area contributed by atoms with E-state index in [0.717, 1.165) is 0 Å². The van der Waals surface area contributed by atoms with Crippen LogP contribution in [0.1, 0.15) is 18.5 Å². The zero-order valence-electron chi connectivity index (χ0n) is 13.3. The van der Waals surface area contributed by atoms with E-state index in [1.54, 1.807) is 30.0 Å². The summed E-state index contributed by atoms with van der Waals surface area (Å²) in [5, 5.41) is 3.02. The van der Waals surface area contributed by atoms with Gasteiger partial charge in [0.25, 0.3) is 0 Å². The minimum absolute atomic E-state index is 0.0916. The summed E-state index contributed by atoms with van der Waals surface area (Å²) in [4.78, 5) is 13.8. The molecule has 0 radical (unpaired) electrons. The van der Waals surface area contributed by atoms with Crippen LogP contribution in [0.4, 0.5) is 4.39 Å². The van der Waals surface area contributed by atoms with Gasteiger partial charge in [-0.2, -0.15) is 4.31 Å². The number of benzene rings is 1. The van der Waals surface area contributed by atoms with Crippen molar-refractivity contribution >= 4 is 15.9 Å². The van der Waals surface area contributed by atoms with Gasteiger partial charge in [0.2, 0.25) is 15.9 Å². The lowest BCUT2D eigenvalue weighted by Gasteiger charge is -2.33. The molecule has 6 nitrogen and oxygen atoms in total. The third-order valence-corrected chi connectivity index (χ3v) is 5.29. The van der Waals surface area contributed by atoms with E-state index in [1.165, 1.54) is 16.6 Å². The van der Waals surface area contributed by atoms with Crippen LogP contribution in [0.25, 0.3) is 0 Å². The van der Waals surface area contributed by atoms with Crippen molar-refractivity contribution in [2.75, 3.05) is 39.0 Å². The number of hydrogen-bond acceptors (Lipinski definition) is 4. The molecule has 1 atom stereocenters. The standard InChI is InChI=1S/C15H22FN3O3S/c1-12(13-5-3-4-6-14(13)16)17-11-15(20)18-7-9-19(10-8-18)23(2,21)22/h3-6,12,17H,7-11H2,1-2H3/t12-/m0/s1. The van der Waals surface area contributed by atoms with Gasteiger partial charge in [-0.25, -0.2) is 12.8 Å². The number of piperazine rings is 1. The summed E-state index contributed by atoms with van der Waals surface area (Å²) < 4.78 is 37.9. The first-order valence-corrected chi connectivity index (χ1v) is 9.34. The lowest BCUT2D eigenvalue weighted by molar-refractivity contribution is -0.131. The number of sulfonamides is 1. The molecule has 1 fully saturated rings. The molecular formula is C15H22FN3O3S. The number of carbonyl (C=O) groups excluding carboxylic acids is 1. The second-order valence-electron chi connectivity index (χ2n) is 5.67. The van der Waals surface area contributed by atoms with E-state index >= 15 is 0 Å². The summed E-state index contributed by atoms with van der Waals surface area (Å²) in [5.74, 6) is -0.414. The largest absolute Gasteiger partial charge is 0.339 e. The SMILES string of the molecule is C[C@H](NCC(=O)N1CCN(S(C)(=O)=O)CC1)c1ccccc1F. The fourth-order valence-electron chi connectivity index (χ4n) is 2.56. The Morgan fingerprint density at radius 1 is 1.26 bits per heavy atom. The molecule has 1 N–H and O–H groups in total. The van der Waals surface area contributed by atoms with Crippen molar-refractivity contribution in [2.24, 2.45) is 0 Å². The Bertz CT molecular complexity index is 658. The van der Waals surface area contributed by atoms with E-state index in [-0.39, 0.29) is 24.3 Å². The molecule has 2 rings (SSSR count). The Kier molecular flexibility index (Phi) is 5.72. The molecule has 8 heteroatoms. The van der Waals surface area contributed by atoms with E-state index in [0.29, 0.717) is 31.7 Å². The maximum atomic E-state index is 13.7. The first-order chi connectivity index (χ1) is 10.8. The van der Waals surface area contributed by atoms with Crippen LogP contribution < -0.4 is 5.32 Å². The highest BCUT2D eigenvalue weighted by atomic mass is 32.2. The van der Waals surface area contributed by atoms with Gasteiger partial charge in [-0.05, 0) is 13.0 Å². The van der Waals surface area contributed by atoms with Gasteiger partial charge in [0, 0.05) is 37.8 Å². The molecule has 128 valence electrons. The van der Waals surface area contributed by atoms with Crippen molar-refractivity contribution in [3.05, 3.63) is 35.6 Å². The molecule has 0 aromatic heterocycles. The number of amides is 1. The first kappa shape index (κ1) is 17.8. The van der Waals surface area contributed by atoms with Crippen LogP contribution in [0.3, 0.4) is 0 Å². The molecule has 0 aliphatic carbocycles. The fraction of sp³-hybridized carbons (Fsp3) is 0.533. The number of carbonyl (C=O) groups is 1. The Morgan fingerprint density at radius 3 is 2.43 bits per heavy atom. The topological polar surface area (TPSA) is 69.7 Å². The molecule has 0 spiro atoms. The molecule has 0 saturated carbocycles. The number of halogens is 1. The minimum Gasteiger partial charge on any atom is -0.339 e. The molecule has 0 unspecified atom stereocenters. The summed E-state index contributed by atoms with van der Waals surface area (Å²) in [5.41, 5.74) is 0.516. The predicted octanol–water partition coefficient (Wildman–Crippen LogP) is 0.580. The summed E-state index contributed by atoms with van der Waals surface area (Å²) >= 11 is 0. The monoisotopic (exact) mass is 343 g/mol. The molecule has 1 aliphatic heterocycles. The quantitative estimate of drug-likeness (QED) is 0.849. The van der Waals surface area contributed by atoms with Gasteiger partial charge in [-0.3, -0.25) is 4.79 Å². The molecule has 1 aromatic rings. The van der Waals surface area contributed by atoms with E-state index < -0.39 is 10.0 Å². The summed E-state index contributed by atoms with van der Waals surface area (Å²) in [6, 6.07) is 6.17. The highest BCUT2D eigenvalue weighted by Crippen LogP contribution is 2.15. The number of nitrogens with one attached hydrogen (secondary N) is 1. The first-order valence-electron chi connectivity index (χ1n) is 7.49. The zero-order valence-corrected chi connectivity index (χ0v) is 14.1. The van der Waals surface area contributed by atoms with Gasteiger partial charge in [0.15, 0.2) is 0 Å². The second-order valence-corrected chi connectivity index (χ2v) is 7.65. The Labute approximate surface area is 136 Å². The van der Waals surface area contributed by atoms with E-state index in [2.05, 4.69) is 5.32 Å². The normalized spacial score (nSPS) is 18.0. The van der Waals surface area contributed by atoms with Crippen molar-refractivity contribution in [1.82, 2.24) is 14.5 Å². The molecule has 23 heavy (non-hydrogen) atoms. The van der Waals surface area contributed by atoms with Crippen LogP contribution >= 0.6 is 0 Å². The third-order valence-electron chi connectivity index (χ3n) is 3.99. The van der Waals surface area contributed by atoms with Gasteiger partial charge in [0.1, 0.15) is 5.82 Å². The highest BCUT2D eigenvalue weighted by molar-refractivity contribution is 7.88. The maximum absolute atomic E-state index is 13.7. The Morgan fingerprint density at radius 2 is 1.87 bits per heavy atom. The average molecular weight is 343 g/mol. The number of rotatable bonds is 5. The lowest BCUT2D eigenvalue weighted by atomic mass is 10.1. The molecule has 1 amide bonds. The van der Waals surface area contributed by atoms with Crippen LogP contribution in [0.2, 0.25) is 0 Å². The van der Waals surface area contributed by atoms with Gasteiger partial charge >= 0.3 is 0 Å². The molecule has 1 aromatic carbocycles. The second kappa shape index (κ2) is 7.37. The van der Waals surface area contributed by atoms with Crippen LogP contribution in [0.15, 0.2) is 24.3 Å². The lowest BCUT2D eigenvalue weighted by Crippen LogP contribution is -2.52. The Hall–Kier alpha value is -1.51. The van der Waals surface area contributed by atoms with Crippen molar-refractivity contribution < 1.29 is 17.6 Å². The molecule has 1 aliphatic rings. The van der Waals surface area contributed by atoms with Crippen LogP contribution in [-0.4, -0.2) is 62.5 Å². The van der Waals surface area contributed by atoms with Crippen LogP contribution in [-0.2, 0) is 14.8 Å². The minimum atomic E-state index is -3.20. The van der Waals surface area contributed by atoms with E-state index in [1.807, 2.05) is 0 Å². The number of hydrogen-bond donors (Lipinski definition) is 1. The molecule has 0 bridgehead atoms. The fourth-order valence-corrected chi connectivity index (χ4v) is 3.38. The van der Waals surface area contributed by atoms with Gasteiger partial charge in [-0.15, -0.1) is 0 Å². The van der Waals surface area contributed by atoms with Crippen molar-refractivity contribution in [2.45, 2.75) is 13.0 Å². The van der Waals surface area contributed by atoms with E-state index in [4.69, 9.17) is 0 Å². The van der Waals surface area contributed by atoms with Crippen molar-refractivity contribution in [1.29, 1.82) is 0 Å². The predicted molar refractivity (Wildman–Crippen MR) is 85.8 cm³/mol. The average Bonchev–Trinajstić information content (AvgIpc) is 2.52. The molecular weight excluding hydrogens is 321 g/mol. The van der Waals surface area contributed by atoms with Crippen LogP contribution in [0, 0.1) is 5.82 Å². The van der Waals surface area contributed by atoms with Gasteiger partial charge in [-0.1, -0.05) is 18.2 Å². The molecule has 1 heterocycles. The Balaban J connectivity index is 1.83. The number of nitrogens with zero attached hydrogens (tertiary/aromatic N) is 2. The van der Waals surface area contributed by atoms with Crippen molar-refractivity contribution in [3.8, 4) is 0 Å². The smallest absolute Gasteiger partial charge is 0.236 e. The summed E-state index contributed by atoms with van der Waals surface area (Å²) in [7, 11) is -3.20. The summed E-state index contributed by atoms with van der Waals surface area (Å²) in [6.45, 7) is 3.27. The third kappa shape index (κ3) is 4.73.